The van der Waals surface area contributed by atoms with Crippen LogP contribution in [0.25, 0.3) is 0 Å². The van der Waals surface area contributed by atoms with Gasteiger partial charge < -0.3 is 4.90 Å². The van der Waals surface area contributed by atoms with Crippen molar-refractivity contribution in [3.63, 3.8) is 0 Å². The zero-order valence-electron chi connectivity index (χ0n) is 15.4. The molecule has 1 aliphatic carbocycles. The molecule has 1 aromatic heterocycles. The van der Waals surface area contributed by atoms with Gasteiger partial charge in [0.05, 0.1) is 0 Å². The van der Waals surface area contributed by atoms with Crippen LogP contribution >= 0.6 is 0 Å². The molecule has 5 nitrogen and oxygen atoms in total. The lowest BCUT2D eigenvalue weighted by Crippen LogP contribution is -2.60. The molecular weight excluding hydrogens is 312 g/mol. The number of pyridine rings is 1. The van der Waals surface area contributed by atoms with Gasteiger partial charge in [-0.1, -0.05) is 6.07 Å². The van der Waals surface area contributed by atoms with Crippen LogP contribution in [0.3, 0.4) is 0 Å². The van der Waals surface area contributed by atoms with Crippen molar-refractivity contribution in [2.24, 2.45) is 5.92 Å². The van der Waals surface area contributed by atoms with Crippen molar-refractivity contribution in [2.75, 3.05) is 39.8 Å². The van der Waals surface area contributed by atoms with Crippen LogP contribution in [-0.4, -0.2) is 70.9 Å². The summed E-state index contributed by atoms with van der Waals surface area (Å²) in [7, 11) is 2.25. The van der Waals surface area contributed by atoms with Gasteiger partial charge in [0.2, 0.25) is 5.91 Å². The number of amides is 1. The summed E-state index contributed by atoms with van der Waals surface area (Å²) in [6.07, 6.45) is 9.23. The predicted molar refractivity (Wildman–Crippen MR) is 98.0 cm³/mol. The van der Waals surface area contributed by atoms with E-state index in [-0.39, 0.29) is 5.54 Å². The lowest BCUT2D eigenvalue weighted by Gasteiger charge is -2.49. The Morgan fingerprint density at radius 1 is 1.24 bits per heavy atom. The van der Waals surface area contributed by atoms with Gasteiger partial charge in [-0.05, 0) is 50.3 Å². The predicted octanol–water partition coefficient (Wildman–Crippen LogP) is 1.99. The largest absolute Gasteiger partial charge is 0.342 e. The number of carbonyl (C=O) groups excluding carboxylic acids is 1. The molecule has 1 saturated carbocycles. The van der Waals surface area contributed by atoms with Crippen LogP contribution in [0.15, 0.2) is 24.5 Å². The van der Waals surface area contributed by atoms with E-state index in [4.69, 9.17) is 0 Å². The molecule has 25 heavy (non-hydrogen) atoms. The number of rotatable bonds is 4. The van der Waals surface area contributed by atoms with Gasteiger partial charge in [-0.2, -0.15) is 0 Å². The number of likely N-dealkylation sites (tertiary alicyclic amines) is 1. The fourth-order valence-electron chi connectivity index (χ4n) is 4.46. The molecule has 2 saturated heterocycles. The maximum atomic E-state index is 12.6. The number of carbonyl (C=O) groups is 1. The maximum absolute atomic E-state index is 12.6. The minimum atomic E-state index is 0.147. The Morgan fingerprint density at radius 3 is 2.88 bits per heavy atom. The maximum Gasteiger partial charge on any atom is 0.222 e. The quantitative estimate of drug-likeness (QED) is 0.839. The fourth-order valence-corrected chi connectivity index (χ4v) is 4.46. The van der Waals surface area contributed by atoms with Crippen molar-refractivity contribution >= 4 is 5.91 Å². The number of hydrogen-bond acceptors (Lipinski definition) is 4. The first-order valence-corrected chi connectivity index (χ1v) is 9.75. The molecule has 0 bridgehead atoms. The average molecular weight is 342 g/mol. The van der Waals surface area contributed by atoms with Gasteiger partial charge in [-0.15, -0.1) is 0 Å². The number of piperazine rings is 1. The van der Waals surface area contributed by atoms with E-state index < -0.39 is 0 Å². The second kappa shape index (κ2) is 7.04. The van der Waals surface area contributed by atoms with Crippen molar-refractivity contribution in [1.29, 1.82) is 0 Å². The summed E-state index contributed by atoms with van der Waals surface area (Å²) in [4.78, 5) is 24.1. The smallest absolute Gasteiger partial charge is 0.222 e. The van der Waals surface area contributed by atoms with Crippen molar-refractivity contribution in [1.82, 2.24) is 19.7 Å². The van der Waals surface area contributed by atoms with Crippen molar-refractivity contribution in [3.8, 4) is 0 Å². The van der Waals surface area contributed by atoms with Crippen LogP contribution in [0.5, 0.6) is 0 Å². The highest BCUT2D eigenvalue weighted by molar-refractivity contribution is 5.76. The molecule has 0 aromatic carbocycles. The van der Waals surface area contributed by atoms with Gasteiger partial charge in [-0.25, -0.2) is 0 Å². The summed E-state index contributed by atoms with van der Waals surface area (Å²) in [6.45, 7) is 6.12. The van der Waals surface area contributed by atoms with E-state index in [0.29, 0.717) is 12.3 Å². The fraction of sp³-hybridized carbons (Fsp3) is 0.700. The zero-order valence-corrected chi connectivity index (χ0v) is 15.4. The Bertz CT molecular complexity index is 603. The molecule has 2 aliphatic heterocycles. The van der Waals surface area contributed by atoms with Gasteiger partial charge in [0, 0.05) is 63.6 Å². The van der Waals surface area contributed by atoms with Crippen LogP contribution in [-0.2, 0) is 11.3 Å². The highest BCUT2D eigenvalue weighted by atomic mass is 16.2. The average Bonchev–Trinajstić information content (AvgIpc) is 3.45. The molecule has 1 aromatic rings. The molecule has 0 radical (unpaired) electrons. The number of nitrogens with zero attached hydrogens (tertiary/aromatic N) is 4. The highest BCUT2D eigenvalue weighted by Gasteiger charge is 2.42. The number of likely N-dealkylation sites (N-methyl/N-ethyl adjacent to an activating group) is 1. The molecule has 4 rings (SSSR count). The SMILES string of the molecule is CN1CCN(Cc2cccnc2)C[C@@]12CCC(=O)N(CC1CC1)CC2. The van der Waals surface area contributed by atoms with E-state index in [9.17, 15) is 4.79 Å². The van der Waals surface area contributed by atoms with E-state index >= 15 is 0 Å². The Labute approximate surface area is 151 Å². The third-order valence-corrected chi connectivity index (χ3v) is 6.39. The minimum Gasteiger partial charge on any atom is -0.342 e. The van der Waals surface area contributed by atoms with Crippen LogP contribution in [0.1, 0.15) is 37.7 Å². The molecule has 136 valence electrons. The summed E-state index contributed by atoms with van der Waals surface area (Å²) < 4.78 is 0. The topological polar surface area (TPSA) is 39.7 Å². The molecule has 5 heteroatoms. The van der Waals surface area contributed by atoms with Crippen LogP contribution in [0, 0.1) is 5.92 Å². The van der Waals surface area contributed by atoms with Crippen LogP contribution < -0.4 is 0 Å². The number of aromatic nitrogens is 1. The monoisotopic (exact) mass is 342 g/mol. The summed E-state index contributed by atoms with van der Waals surface area (Å²) in [5.41, 5.74) is 1.43. The van der Waals surface area contributed by atoms with Crippen molar-refractivity contribution in [3.05, 3.63) is 30.1 Å². The molecule has 3 aliphatic rings. The van der Waals surface area contributed by atoms with Gasteiger partial charge in [-0.3, -0.25) is 19.6 Å². The van der Waals surface area contributed by atoms with Crippen LogP contribution in [0.2, 0.25) is 0 Å². The van der Waals surface area contributed by atoms with Gasteiger partial charge in [0.1, 0.15) is 0 Å². The molecule has 3 heterocycles. The van der Waals surface area contributed by atoms with E-state index in [1.165, 1.54) is 18.4 Å². The van der Waals surface area contributed by atoms with Gasteiger partial charge in [0.15, 0.2) is 0 Å². The molecule has 1 amide bonds. The first-order valence-electron chi connectivity index (χ1n) is 9.75. The molecule has 1 atom stereocenters. The molecule has 1 spiro atoms. The Hall–Kier alpha value is -1.46. The second-order valence-corrected chi connectivity index (χ2v) is 8.25. The summed E-state index contributed by atoms with van der Waals surface area (Å²) in [5.74, 6) is 1.16. The summed E-state index contributed by atoms with van der Waals surface area (Å²) in [6, 6.07) is 4.17. The van der Waals surface area contributed by atoms with Gasteiger partial charge >= 0.3 is 0 Å². The van der Waals surface area contributed by atoms with Gasteiger partial charge in [0.25, 0.3) is 0 Å². The lowest BCUT2D eigenvalue weighted by molar-refractivity contribution is -0.131. The summed E-state index contributed by atoms with van der Waals surface area (Å²) >= 11 is 0. The van der Waals surface area contributed by atoms with E-state index in [1.807, 2.05) is 18.5 Å². The molecular formula is C20H30N4O. The third kappa shape index (κ3) is 3.87. The second-order valence-electron chi connectivity index (χ2n) is 8.25. The van der Waals surface area contributed by atoms with E-state index in [0.717, 1.165) is 58.0 Å². The van der Waals surface area contributed by atoms with E-state index in [1.54, 1.807) is 0 Å². The van der Waals surface area contributed by atoms with Crippen molar-refractivity contribution < 1.29 is 4.79 Å². The Morgan fingerprint density at radius 2 is 2.12 bits per heavy atom. The first kappa shape index (κ1) is 17.0. The minimum absolute atomic E-state index is 0.147. The standard InChI is InChI=1S/C20H30N4O/c1-22-11-12-23(14-18-3-2-9-21-13-18)16-20(22)7-6-19(25)24(10-8-20)15-17-4-5-17/h2-3,9,13,17H,4-8,10-12,14-16H2,1H3/t20-/m0/s1. The first-order chi connectivity index (χ1) is 12.1. The third-order valence-electron chi connectivity index (χ3n) is 6.39. The zero-order chi connectivity index (χ0) is 17.3. The summed E-state index contributed by atoms with van der Waals surface area (Å²) in [5, 5.41) is 0. The Balaban J connectivity index is 1.43. The number of hydrogen-bond donors (Lipinski definition) is 0. The van der Waals surface area contributed by atoms with Crippen LogP contribution in [0.4, 0.5) is 0 Å². The normalized spacial score (nSPS) is 29.2. The van der Waals surface area contributed by atoms with Crippen molar-refractivity contribution in [2.45, 2.75) is 44.2 Å². The Kier molecular flexibility index (Phi) is 4.78. The lowest BCUT2D eigenvalue weighted by atomic mass is 9.86. The molecule has 3 fully saturated rings. The highest BCUT2D eigenvalue weighted by Crippen LogP contribution is 2.35. The molecule has 0 N–H and O–H groups in total. The molecule has 0 unspecified atom stereocenters. The van der Waals surface area contributed by atoms with E-state index in [2.05, 4.69) is 32.8 Å².